The molecule has 0 spiro atoms. The zero-order valence-electron chi connectivity index (χ0n) is 11.4. The summed E-state index contributed by atoms with van der Waals surface area (Å²) in [5.74, 6) is 0.960. The molecule has 1 aromatic rings. The number of fused-ring (bicyclic) bond motifs is 1. The summed E-state index contributed by atoms with van der Waals surface area (Å²) in [7, 11) is 0. The van der Waals surface area contributed by atoms with Gasteiger partial charge in [-0.15, -0.1) is 0 Å². The van der Waals surface area contributed by atoms with E-state index in [4.69, 9.17) is 15.2 Å². The van der Waals surface area contributed by atoms with E-state index in [9.17, 15) is 0 Å². The van der Waals surface area contributed by atoms with Crippen LogP contribution in [0.3, 0.4) is 0 Å². The van der Waals surface area contributed by atoms with Gasteiger partial charge in [-0.2, -0.15) is 0 Å². The van der Waals surface area contributed by atoms with Crippen LogP contribution in [0.25, 0.3) is 0 Å². The number of rotatable bonds is 5. The Morgan fingerprint density at radius 3 is 2.50 bits per heavy atom. The predicted octanol–water partition coefficient (Wildman–Crippen LogP) is 2.49. The molecule has 1 aliphatic rings. The van der Waals surface area contributed by atoms with E-state index < -0.39 is 5.79 Å². The van der Waals surface area contributed by atoms with Crippen molar-refractivity contribution in [2.24, 2.45) is 0 Å². The van der Waals surface area contributed by atoms with E-state index in [1.165, 1.54) is 0 Å². The summed E-state index contributed by atoms with van der Waals surface area (Å²) in [6.45, 7) is 9.37. The van der Waals surface area contributed by atoms with Crippen molar-refractivity contribution < 1.29 is 9.47 Å². The third-order valence-electron chi connectivity index (χ3n) is 3.40. The van der Waals surface area contributed by atoms with Crippen LogP contribution in [0.15, 0.2) is 18.2 Å². The molecule has 0 saturated heterocycles. The normalized spacial score (nSPS) is 21.6. The Morgan fingerprint density at radius 1 is 1.17 bits per heavy atom. The fourth-order valence-corrected chi connectivity index (χ4v) is 2.18. The highest BCUT2D eigenvalue weighted by molar-refractivity contribution is 5.53. The van der Waals surface area contributed by atoms with Crippen LogP contribution < -0.4 is 15.2 Å². The minimum Gasteiger partial charge on any atom is -0.449 e. The van der Waals surface area contributed by atoms with Gasteiger partial charge in [0.2, 0.25) is 5.79 Å². The molecule has 0 radical (unpaired) electrons. The third-order valence-corrected chi connectivity index (χ3v) is 3.40. The second-order valence-electron chi connectivity index (χ2n) is 4.82. The highest BCUT2D eigenvalue weighted by Gasteiger charge is 2.36. The molecule has 100 valence electrons. The molecule has 0 aliphatic carbocycles. The van der Waals surface area contributed by atoms with Gasteiger partial charge in [0.25, 0.3) is 0 Å². The van der Waals surface area contributed by atoms with E-state index in [1.54, 1.807) is 0 Å². The van der Waals surface area contributed by atoms with Crippen LogP contribution in [0.2, 0.25) is 0 Å². The van der Waals surface area contributed by atoms with E-state index in [0.29, 0.717) is 5.69 Å². The van der Waals surface area contributed by atoms with Crippen molar-refractivity contribution in [1.82, 2.24) is 4.90 Å². The molecule has 0 fully saturated rings. The van der Waals surface area contributed by atoms with Gasteiger partial charge in [0.1, 0.15) is 0 Å². The zero-order chi connectivity index (χ0) is 13.2. The van der Waals surface area contributed by atoms with Crippen LogP contribution in [0.4, 0.5) is 5.69 Å². The van der Waals surface area contributed by atoms with Crippen LogP contribution in [0.1, 0.15) is 27.2 Å². The average molecular weight is 250 g/mol. The Labute approximate surface area is 109 Å². The second-order valence-corrected chi connectivity index (χ2v) is 4.82. The number of ether oxygens (including phenoxy) is 2. The molecular formula is C14H22N2O2. The van der Waals surface area contributed by atoms with Crippen LogP contribution in [0, 0.1) is 0 Å². The van der Waals surface area contributed by atoms with E-state index >= 15 is 0 Å². The van der Waals surface area contributed by atoms with Gasteiger partial charge < -0.3 is 20.1 Å². The number of nitrogens with two attached hydrogens (primary N) is 1. The van der Waals surface area contributed by atoms with Crippen molar-refractivity contribution in [3.05, 3.63) is 18.2 Å². The Balaban J connectivity index is 1.99. The van der Waals surface area contributed by atoms with Crippen LogP contribution >= 0.6 is 0 Å². The molecule has 1 aliphatic heterocycles. The summed E-state index contributed by atoms with van der Waals surface area (Å²) in [5.41, 5.74) is 6.44. The van der Waals surface area contributed by atoms with Crippen LogP contribution in [0.5, 0.6) is 11.5 Å². The fraction of sp³-hybridized carbons (Fsp3) is 0.571. The predicted molar refractivity (Wildman–Crippen MR) is 72.9 cm³/mol. The van der Waals surface area contributed by atoms with Gasteiger partial charge in [0.05, 0.1) is 0 Å². The highest BCUT2D eigenvalue weighted by Crippen LogP contribution is 2.41. The third kappa shape index (κ3) is 2.70. The van der Waals surface area contributed by atoms with Gasteiger partial charge in [-0.25, -0.2) is 0 Å². The largest absolute Gasteiger partial charge is 0.449 e. The highest BCUT2D eigenvalue weighted by atomic mass is 16.7. The number of benzene rings is 1. The topological polar surface area (TPSA) is 47.7 Å². The molecule has 2 rings (SSSR count). The van der Waals surface area contributed by atoms with Gasteiger partial charge in [-0.3, -0.25) is 0 Å². The minimum absolute atomic E-state index is 0.571. The van der Waals surface area contributed by atoms with Gasteiger partial charge in [-0.1, -0.05) is 13.8 Å². The molecule has 1 heterocycles. The van der Waals surface area contributed by atoms with Crippen molar-refractivity contribution in [1.29, 1.82) is 0 Å². The summed E-state index contributed by atoms with van der Waals surface area (Å²) >= 11 is 0. The van der Waals surface area contributed by atoms with Crippen molar-refractivity contribution in [2.75, 3.05) is 25.4 Å². The molecule has 0 saturated carbocycles. The number of nitrogen functional groups attached to an aromatic ring is 1. The molecule has 1 atom stereocenters. The lowest BCUT2D eigenvalue weighted by Gasteiger charge is -2.26. The minimum atomic E-state index is -0.571. The van der Waals surface area contributed by atoms with Crippen molar-refractivity contribution in [3.8, 4) is 11.5 Å². The summed E-state index contributed by atoms with van der Waals surface area (Å²) < 4.78 is 11.8. The molecule has 2 N–H and O–H groups in total. The average Bonchev–Trinajstić information content (AvgIpc) is 2.66. The van der Waals surface area contributed by atoms with Gasteiger partial charge >= 0.3 is 0 Å². The van der Waals surface area contributed by atoms with Crippen molar-refractivity contribution >= 4 is 5.69 Å². The fourth-order valence-electron chi connectivity index (χ4n) is 2.18. The van der Waals surface area contributed by atoms with Crippen LogP contribution in [-0.4, -0.2) is 30.3 Å². The molecule has 4 heteroatoms. The standard InChI is InChI=1S/C14H22N2O2/c1-4-16(5-2)9-8-14(3)17-12-7-6-11(15)10-13(12)18-14/h6-7,10H,4-5,8-9,15H2,1-3H3/t14-/m1/s1. The molecule has 1 aromatic carbocycles. The Morgan fingerprint density at radius 2 is 1.83 bits per heavy atom. The Kier molecular flexibility index (Phi) is 3.66. The van der Waals surface area contributed by atoms with Crippen LogP contribution in [-0.2, 0) is 0 Å². The lowest BCUT2D eigenvalue weighted by Crippen LogP contribution is -2.39. The lowest BCUT2D eigenvalue weighted by atomic mass is 10.2. The summed E-state index contributed by atoms with van der Waals surface area (Å²) in [5, 5.41) is 0. The Bertz CT molecular complexity index is 418. The van der Waals surface area contributed by atoms with E-state index in [1.807, 2.05) is 25.1 Å². The first-order chi connectivity index (χ1) is 8.56. The first kappa shape index (κ1) is 13.0. The smallest absolute Gasteiger partial charge is 0.250 e. The number of hydrogen-bond acceptors (Lipinski definition) is 4. The first-order valence-corrected chi connectivity index (χ1v) is 6.56. The van der Waals surface area contributed by atoms with E-state index in [2.05, 4.69) is 18.7 Å². The maximum atomic E-state index is 5.89. The SMILES string of the molecule is CCN(CC)CC[C@]1(C)Oc2ccc(N)cc2O1. The summed E-state index contributed by atoms with van der Waals surface area (Å²) in [6, 6.07) is 5.52. The lowest BCUT2D eigenvalue weighted by molar-refractivity contribution is -0.0728. The molecule has 0 unspecified atom stereocenters. The molecule has 18 heavy (non-hydrogen) atoms. The van der Waals surface area contributed by atoms with Gasteiger partial charge in [0, 0.05) is 31.6 Å². The number of hydrogen-bond donors (Lipinski definition) is 1. The van der Waals surface area contributed by atoms with Gasteiger partial charge in [0.15, 0.2) is 11.5 Å². The number of anilines is 1. The molecule has 0 bridgehead atoms. The zero-order valence-corrected chi connectivity index (χ0v) is 11.4. The number of nitrogens with zero attached hydrogens (tertiary/aromatic N) is 1. The summed E-state index contributed by atoms with van der Waals surface area (Å²) in [6.07, 6.45) is 0.837. The maximum Gasteiger partial charge on any atom is 0.250 e. The monoisotopic (exact) mass is 250 g/mol. The quantitative estimate of drug-likeness (QED) is 0.816. The first-order valence-electron chi connectivity index (χ1n) is 6.56. The van der Waals surface area contributed by atoms with Gasteiger partial charge in [-0.05, 0) is 25.2 Å². The second kappa shape index (κ2) is 5.06. The van der Waals surface area contributed by atoms with E-state index in [-0.39, 0.29) is 0 Å². The molecular weight excluding hydrogens is 228 g/mol. The molecule has 0 aromatic heterocycles. The summed E-state index contributed by atoms with van der Waals surface area (Å²) in [4.78, 5) is 2.36. The van der Waals surface area contributed by atoms with E-state index in [0.717, 1.165) is 37.6 Å². The molecule has 0 amide bonds. The van der Waals surface area contributed by atoms with Crippen molar-refractivity contribution in [2.45, 2.75) is 33.0 Å². The maximum absolute atomic E-state index is 5.89. The Hall–Kier alpha value is -1.42. The van der Waals surface area contributed by atoms with Crippen molar-refractivity contribution in [3.63, 3.8) is 0 Å². The molecule has 4 nitrogen and oxygen atoms in total.